The minimum Gasteiger partial charge on any atom is -0.335 e. The van der Waals surface area contributed by atoms with Crippen LogP contribution in [-0.4, -0.2) is 24.5 Å². The Labute approximate surface area is 138 Å². The number of hydrogen-bond acceptors (Lipinski definition) is 2. The number of carbonyl (C=O) groups excluding carboxylic acids is 2. The number of amides is 3. The molecule has 0 radical (unpaired) electrons. The summed E-state index contributed by atoms with van der Waals surface area (Å²) in [5.74, 6) is 0.148. The van der Waals surface area contributed by atoms with Crippen LogP contribution in [0.1, 0.15) is 50.8 Å². The van der Waals surface area contributed by atoms with E-state index < -0.39 is 0 Å². The molecule has 0 spiro atoms. The topological polar surface area (TPSA) is 74.8 Å². The van der Waals surface area contributed by atoms with E-state index in [1.54, 1.807) is 0 Å². The van der Waals surface area contributed by atoms with Gasteiger partial charge in [0.15, 0.2) is 6.54 Å². The number of quaternary nitrogens is 1. The van der Waals surface area contributed by atoms with Gasteiger partial charge in [-0.2, -0.15) is 0 Å². The molecule has 1 saturated carbocycles. The fourth-order valence-electron chi connectivity index (χ4n) is 2.63. The molecular formula is C18H28N3O2+. The fraction of sp³-hybridized carbons (Fsp3) is 0.556. The Balaban J connectivity index is 1.85. The number of aryl methyl sites for hydroxylation is 1. The average Bonchev–Trinajstić information content (AvgIpc) is 3.31. The molecule has 0 aromatic heterocycles. The van der Waals surface area contributed by atoms with Crippen molar-refractivity contribution in [2.45, 2.75) is 52.1 Å². The van der Waals surface area contributed by atoms with Crippen LogP contribution in [0.3, 0.4) is 0 Å². The molecule has 5 nitrogen and oxygen atoms in total. The number of benzene rings is 1. The van der Waals surface area contributed by atoms with E-state index in [-0.39, 0.29) is 30.6 Å². The Kier molecular flexibility index (Phi) is 6.16. The molecule has 1 aromatic rings. The molecular weight excluding hydrogens is 290 g/mol. The van der Waals surface area contributed by atoms with Crippen LogP contribution in [0.25, 0.3) is 0 Å². The number of urea groups is 1. The Morgan fingerprint density at radius 3 is 2.39 bits per heavy atom. The highest BCUT2D eigenvalue weighted by Crippen LogP contribution is 2.19. The number of imide groups is 1. The second-order valence-corrected chi connectivity index (χ2v) is 6.60. The molecule has 1 aromatic carbocycles. The largest absolute Gasteiger partial charge is 0.335 e. The summed E-state index contributed by atoms with van der Waals surface area (Å²) in [7, 11) is 0. The minimum atomic E-state index is -0.376. The van der Waals surface area contributed by atoms with Gasteiger partial charge in [-0.1, -0.05) is 45.0 Å². The van der Waals surface area contributed by atoms with Crippen LogP contribution in [0, 0.1) is 5.92 Å². The lowest BCUT2D eigenvalue weighted by Crippen LogP contribution is -2.88. The first-order chi connectivity index (χ1) is 11.0. The molecule has 1 fully saturated rings. The molecule has 0 bridgehead atoms. The first-order valence-corrected chi connectivity index (χ1v) is 8.52. The Morgan fingerprint density at radius 1 is 1.22 bits per heavy atom. The van der Waals surface area contributed by atoms with E-state index in [4.69, 9.17) is 0 Å². The third-order valence-corrected chi connectivity index (χ3v) is 4.21. The molecule has 4 N–H and O–H groups in total. The van der Waals surface area contributed by atoms with Gasteiger partial charge >= 0.3 is 6.03 Å². The van der Waals surface area contributed by atoms with Crippen LogP contribution in [0.15, 0.2) is 24.3 Å². The van der Waals surface area contributed by atoms with E-state index in [0.29, 0.717) is 5.92 Å². The third-order valence-electron chi connectivity index (χ3n) is 4.21. The Hall–Kier alpha value is -1.88. The zero-order valence-corrected chi connectivity index (χ0v) is 14.3. The maximum absolute atomic E-state index is 11.9. The van der Waals surface area contributed by atoms with Crippen molar-refractivity contribution in [2.75, 3.05) is 6.54 Å². The average molecular weight is 318 g/mol. The van der Waals surface area contributed by atoms with E-state index in [1.165, 1.54) is 11.1 Å². The lowest BCUT2D eigenvalue weighted by atomic mass is 9.95. The lowest BCUT2D eigenvalue weighted by molar-refractivity contribution is -0.692. The summed E-state index contributed by atoms with van der Waals surface area (Å²) in [6.45, 7) is 6.67. The first-order valence-electron chi connectivity index (χ1n) is 8.52. The van der Waals surface area contributed by atoms with Gasteiger partial charge < -0.3 is 10.6 Å². The van der Waals surface area contributed by atoms with Crippen molar-refractivity contribution in [1.29, 1.82) is 0 Å². The minimum absolute atomic E-state index is 0.207. The van der Waals surface area contributed by atoms with Gasteiger partial charge in [0, 0.05) is 17.5 Å². The number of nitrogens with one attached hydrogen (secondary N) is 2. The van der Waals surface area contributed by atoms with Crippen LogP contribution >= 0.6 is 0 Å². The maximum Gasteiger partial charge on any atom is 0.321 e. The van der Waals surface area contributed by atoms with Crippen LogP contribution in [0.4, 0.5) is 4.79 Å². The quantitative estimate of drug-likeness (QED) is 0.713. The molecule has 1 aliphatic rings. The number of carbonyl (C=O) groups is 2. The molecule has 0 saturated heterocycles. The van der Waals surface area contributed by atoms with Crippen LogP contribution in [0.2, 0.25) is 0 Å². The Bertz CT molecular complexity index is 536. The van der Waals surface area contributed by atoms with Gasteiger partial charge in [0.2, 0.25) is 0 Å². The molecule has 126 valence electrons. The highest BCUT2D eigenvalue weighted by Gasteiger charge is 2.25. The first kappa shape index (κ1) is 17.5. The molecule has 23 heavy (non-hydrogen) atoms. The highest BCUT2D eigenvalue weighted by molar-refractivity contribution is 5.94. The predicted molar refractivity (Wildman–Crippen MR) is 89.9 cm³/mol. The fourth-order valence-corrected chi connectivity index (χ4v) is 2.63. The van der Waals surface area contributed by atoms with Gasteiger partial charge in [-0.15, -0.1) is 0 Å². The summed E-state index contributed by atoms with van der Waals surface area (Å²) in [6.07, 6.45) is 3.04. The summed E-state index contributed by atoms with van der Waals surface area (Å²) in [5, 5.41) is 7.16. The molecule has 1 aliphatic carbocycles. The van der Waals surface area contributed by atoms with Crippen LogP contribution in [0.5, 0.6) is 0 Å². The second-order valence-electron chi connectivity index (χ2n) is 6.60. The zero-order valence-electron chi connectivity index (χ0n) is 14.3. The van der Waals surface area contributed by atoms with Gasteiger partial charge in [-0.3, -0.25) is 10.1 Å². The third kappa shape index (κ3) is 5.67. The van der Waals surface area contributed by atoms with Crippen molar-refractivity contribution in [2.24, 2.45) is 5.92 Å². The molecule has 1 atom stereocenters. The van der Waals surface area contributed by atoms with Gasteiger partial charge in [0.1, 0.15) is 6.04 Å². The Morgan fingerprint density at radius 2 is 1.87 bits per heavy atom. The van der Waals surface area contributed by atoms with Crippen LogP contribution < -0.4 is 16.0 Å². The van der Waals surface area contributed by atoms with E-state index in [2.05, 4.69) is 55.7 Å². The van der Waals surface area contributed by atoms with Crippen molar-refractivity contribution in [3.63, 3.8) is 0 Å². The second kappa shape index (κ2) is 8.11. The normalized spacial score (nSPS) is 15.3. The summed E-state index contributed by atoms with van der Waals surface area (Å²) in [4.78, 5) is 23.5. The van der Waals surface area contributed by atoms with E-state index >= 15 is 0 Å². The molecule has 5 heteroatoms. The van der Waals surface area contributed by atoms with Crippen molar-refractivity contribution in [1.82, 2.24) is 10.6 Å². The molecule has 3 amide bonds. The summed E-state index contributed by atoms with van der Waals surface area (Å²) >= 11 is 0. The number of hydrogen-bond donors (Lipinski definition) is 3. The summed E-state index contributed by atoms with van der Waals surface area (Å²) in [6, 6.07) is 8.64. The van der Waals surface area contributed by atoms with Crippen molar-refractivity contribution in [3.05, 3.63) is 35.4 Å². The lowest BCUT2D eigenvalue weighted by Gasteiger charge is -2.19. The van der Waals surface area contributed by atoms with Gasteiger partial charge in [-0.05, 0) is 24.8 Å². The van der Waals surface area contributed by atoms with E-state index in [9.17, 15) is 9.59 Å². The summed E-state index contributed by atoms with van der Waals surface area (Å²) < 4.78 is 0. The van der Waals surface area contributed by atoms with Crippen molar-refractivity contribution in [3.8, 4) is 0 Å². The maximum atomic E-state index is 11.9. The molecule has 0 heterocycles. The SMILES string of the molecule is CCc1ccc([C@@H]([NH2+]CC(=O)NC(=O)NC2CC2)C(C)C)cc1. The standard InChI is InChI=1S/C18H27N3O2/c1-4-13-5-7-14(8-6-13)17(12(2)3)19-11-16(22)21-18(23)20-15-9-10-15/h5-8,12,15,17,19H,4,9-11H2,1-3H3,(H2,20,21,22,23)/p+1/t17-/m0/s1. The van der Waals surface area contributed by atoms with Gasteiger partial charge in [-0.25, -0.2) is 4.79 Å². The predicted octanol–water partition coefficient (Wildman–Crippen LogP) is 1.50. The number of rotatable bonds is 7. The number of nitrogens with two attached hydrogens (primary N) is 1. The zero-order chi connectivity index (χ0) is 16.8. The highest BCUT2D eigenvalue weighted by atomic mass is 16.2. The summed E-state index contributed by atoms with van der Waals surface area (Å²) in [5.41, 5.74) is 2.53. The van der Waals surface area contributed by atoms with E-state index in [1.807, 2.05) is 5.32 Å². The van der Waals surface area contributed by atoms with Gasteiger partial charge in [0.05, 0.1) is 0 Å². The monoisotopic (exact) mass is 318 g/mol. The smallest absolute Gasteiger partial charge is 0.321 e. The van der Waals surface area contributed by atoms with Crippen LogP contribution in [-0.2, 0) is 11.2 Å². The van der Waals surface area contributed by atoms with Crippen molar-refractivity contribution < 1.29 is 14.9 Å². The van der Waals surface area contributed by atoms with Gasteiger partial charge in [0.25, 0.3) is 5.91 Å². The van der Waals surface area contributed by atoms with E-state index in [0.717, 1.165) is 19.3 Å². The molecule has 0 unspecified atom stereocenters. The molecule has 0 aliphatic heterocycles. The van der Waals surface area contributed by atoms with Crippen molar-refractivity contribution >= 4 is 11.9 Å². The molecule has 2 rings (SSSR count).